The molecule has 0 atom stereocenters. The van der Waals surface area contributed by atoms with Crippen LogP contribution in [0.5, 0.6) is 0 Å². The molecule has 156 valence electrons. The highest BCUT2D eigenvalue weighted by Crippen LogP contribution is 2.10. The Morgan fingerprint density at radius 2 is 0.692 bits per heavy atom. The van der Waals surface area contributed by atoms with Crippen molar-refractivity contribution < 1.29 is 9.59 Å². The van der Waals surface area contributed by atoms with Gasteiger partial charge in [0.1, 0.15) is 0 Å². The molecule has 0 unspecified atom stereocenters. The van der Waals surface area contributed by atoms with Crippen molar-refractivity contribution in [2.24, 2.45) is 11.5 Å². The number of hydrogen-bond donors (Lipinski definition) is 2. The molecule has 0 heterocycles. The maximum absolute atomic E-state index is 10.4. The fourth-order valence-electron chi connectivity index (χ4n) is 2.87. The Morgan fingerprint density at radius 3 is 0.923 bits per heavy atom. The Labute approximate surface area is 162 Å². The molecule has 0 aliphatic carbocycles. The van der Waals surface area contributed by atoms with Gasteiger partial charge in [0.2, 0.25) is 11.8 Å². The number of carbonyl (C=O) groups excluding carboxylic acids is 2. The number of hydrogen-bond acceptors (Lipinski definition) is 2. The van der Waals surface area contributed by atoms with Crippen LogP contribution in [0.1, 0.15) is 129 Å². The Morgan fingerprint density at radius 1 is 0.462 bits per heavy atom. The largest absolute Gasteiger partial charge is 0.370 e. The average molecular weight is 371 g/mol. The Hall–Kier alpha value is -1.06. The molecule has 0 radical (unpaired) electrons. The third kappa shape index (κ3) is 30.8. The third-order valence-electron chi connectivity index (χ3n) is 4.55. The second kappa shape index (κ2) is 23.9. The standard InChI is InChI=1S/C12H25NO.C10H21NO/c1-2-3-4-5-6-7-8-9-10-11-12(13)14;1-2-3-4-5-6-7-8-9-10(11)12/h2-11H2,1H3,(H2,13,14);2-9H2,1H3,(H2,11,12). The molecule has 0 spiro atoms. The van der Waals surface area contributed by atoms with Crippen molar-refractivity contribution in [1.82, 2.24) is 0 Å². The molecular formula is C22H46N2O2. The van der Waals surface area contributed by atoms with Crippen LogP contribution < -0.4 is 11.5 Å². The maximum atomic E-state index is 10.4. The van der Waals surface area contributed by atoms with Gasteiger partial charge < -0.3 is 11.5 Å². The molecule has 0 saturated heterocycles. The van der Waals surface area contributed by atoms with Crippen LogP contribution in [0.25, 0.3) is 0 Å². The summed E-state index contributed by atoms with van der Waals surface area (Å²) in [6.45, 7) is 4.46. The number of carbonyl (C=O) groups is 2. The molecule has 0 aromatic rings. The van der Waals surface area contributed by atoms with Crippen LogP contribution in [-0.4, -0.2) is 11.8 Å². The van der Waals surface area contributed by atoms with Gasteiger partial charge in [0, 0.05) is 12.8 Å². The summed E-state index contributed by atoms with van der Waals surface area (Å²) in [6, 6.07) is 0. The van der Waals surface area contributed by atoms with Gasteiger partial charge in [-0.25, -0.2) is 0 Å². The van der Waals surface area contributed by atoms with Crippen molar-refractivity contribution in [3.05, 3.63) is 0 Å². The van der Waals surface area contributed by atoms with E-state index in [2.05, 4.69) is 13.8 Å². The van der Waals surface area contributed by atoms with Gasteiger partial charge in [-0.3, -0.25) is 9.59 Å². The first kappa shape index (κ1) is 27.2. The monoisotopic (exact) mass is 370 g/mol. The van der Waals surface area contributed by atoms with Crippen molar-refractivity contribution in [1.29, 1.82) is 0 Å². The van der Waals surface area contributed by atoms with Gasteiger partial charge in [0.15, 0.2) is 0 Å². The molecule has 0 aliphatic rings. The Kier molecular flexibility index (Phi) is 25.0. The molecule has 0 saturated carbocycles. The molecule has 0 aromatic heterocycles. The minimum absolute atomic E-state index is 0.159. The predicted octanol–water partition coefficient (Wildman–Crippen LogP) is 6.01. The fraction of sp³-hybridized carbons (Fsp3) is 0.909. The van der Waals surface area contributed by atoms with Crippen LogP contribution in [0.2, 0.25) is 0 Å². The summed E-state index contributed by atoms with van der Waals surface area (Å²) in [7, 11) is 0. The van der Waals surface area contributed by atoms with E-state index in [9.17, 15) is 9.59 Å². The van der Waals surface area contributed by atoms with Crippen molar-refractivity contribution in [2.45, 2.75) is 129 Å². The van der Waals surface area contributed by atoms with Crippen LogP contribution in [0.4, 0.5) is 0 Å². The Bertz CT molecular complexity index is 307. The van der Waals surface area contributed by atoms with Crippen molar-refractivity contribution in [2.75, 3.05) is 0 Å². The third-order valence-corrected chi connectivity index (χ3v) is 4.55. The van der Waals surface area contributed by atoms with Crippen molar-refractivity contribution in [3.63, 3.8) is 0 Å². The summed E-state index contributed by atoms with van der Waals surface area (Å²) in [4.78, 5) is 20.8. The van der Waals surface area contributed by atoms with E-state index < -0.39 is 0 Å². The maximum Gasteiger partial charge on any atom is 0.217 e. The summed E-state index contributed by atoms with van der Waals surface area (Å²) >= 11 is 0. The summed E-state index contributed by atoms with van der Waals surface area (Å²) in [5.74, 6) is -0.323. The van der Waals surface area contributed by atoms with E-state index in [0.29, 0.717) is 12.8 Å². The molecule has 0 rings (SSSR count). The van der Waals surface area contributed by atoms with E-state index in [4.69, 9.17) is 11.5 Å². The Balaban J connectivity index is 0. The molecule has 26 heavy (non-hydrogen) atoms. The first-order valence-electron chi connectivity index (χ1n) is 11.1. The first-order chi connectivity index (χ1) is 12.5. The highest BCUT2D eigenvalue weighted by atomic mass is 16.1. The lowest BCUT2D eigenvalue weighted by Crippen LogP contribution is -2.09. The summed E-state index contributed by atoms with van der Waals surface area (Å²) in [5, 5.41) is 0. The number of unbranched alkanes of at least 4 members (excludes halogenated alkanes) is 14. The van der Waals surface area contributed by atoms with Crippen LogP contribution >= 0.6 is 0 Å². The molecule has 4 nitrogen and oxygen atoms in total. The minimum atomic E-state index is -0.163. The molecular weight excluding hydrogens is 324 g/mol. The number of primary amides is 2. The molecule has 0 bridgehead atoms. The second-order valence-electron chi connectivity index (χ2n) is 7.38. The SMILES string of the molecule is CCCCCCCCCC(N)=O.CCCCCCCCCCCC(N)=O. The van der Waals surface area contributed by atoms with Crippen molar-refractivity contribution in [3.8, 4) is 0 Å². The molecule has 4 N–H and O–H groups in total. The van der Waals surface area contributed by atoms with Gasteiger partial charge in [-0.05, 0) is 12.8 Å². The number of nitrogens with two attached hydrogens (primary N) is 2. The van der Waals surface area contributed by atoms with Gasteiger partial charge >= 0.3 is 0 Å². The highest BCUT2D eigenvalue weighted by Gasteiger charge is 1.95. The van der Waals surface area contributed by atoms with Crippen LogP contribution in [0, 0.1) is 0 Å². The minimum Gasteiger partial charge on any atom is -0.370 e. The topological polar surface area (TPSA) is 86.2 Å². The van der Waals surface area contributed by atoms with E-state index in [1.807, 2.05) is 0 Å². The summed E-state index contributed by atoms with van der Waals surface area (Å²) < 4.78 is 0. The molecule has 0 aliphatic heterocycles. The van der Waals surface area contributed by atoms with E-state index in [0.717, 1.165) is 25.7 Å². The van der Waals surface area contributed by atoms with E-state index in [-0.39, 0.29) is 11.8 Å². The summed E-state index contributed by atoms with van der Waals surface area (Å²) in [5.41, 5.74) is 10.1. The van der Waals surface area contributed by atoms with E-state index >= 15 is 0 Å². The summed E-state index contributed by atoms with van der Waals surface area (Å²) in [6.07, 6.45) is 21.4. The van der Waals surface area contributed by atoms with Gasteiger partial charge in [-0.2, -0.15) is 0 Å². The highest BCUT2D eigenvalue weighted by molar-refractivity contribution is 5.73. The van der Waals surface area contributed by atoms with Crippen LogP contribution in [-0.2, 0) is 9.59 Å². The van der Waals surface area contributed by atoms with Gasteiger partial charge in [-0.15, -0.1) is 0 Å². The smallest absolute Gasteiger partial charge is 0.217 e. The predicted molar refractivity (Wildman–Crippen MR) is 113 cm³/mol. The number of rotatable bonds is 18. The zero-order valence-corrected chi connectivity index (χ0v) is 17.7. The zero-order chi connectivity index (χ0) is 19.9. The zero-order valence-electron chi connectivity index (χ0n) is 17.7. The molecule has 0 fully saturated rings. The van der Waals surface area contributed by atoms with Gasteiger partial charge in [-0.1, -0.05) is 104 Å². The molecule has 0 aromatic carbocycles. The van der Waals surface area contributed by atoms with Gasteiger partial charge in [0.05, 0.1) is 0 Å². The van der Waals surface area contributed by atoms with Crippen LogP contribution in [0.15, 0.2) is 0 Å². The molecule has 4 heteroatoms. The average Bonchev–Trinajstić information content (AvgIpc) is 2.59. The lowest BCUT2D eigenvalue weighted by molar-refractivity contribution is -0.119. The van der Waals surface area contributed by atoms with Crippen molar-refractivity contribution >= 4 is 11.8 Å². The molecule has 2 amide bonds. The normalized spacial score (nSPS) is 10.2. The van der Waals surface area contributed by atoms with Crippen LogP contribution in [0.3, 0.4) is 0 Å². The van der Waals surface area contributed by atoms with E-state index in [1.54, 1.807) is 0 Å². The second-order valence-corrected chi connectivity index (χ2v) is 7.38. The fourth-order valence-corrected chi connectivity index (χ4v) is 2.87. The van der Waals surface area contributed by atoms with Gasteiger partial charge in [0.25, 0.3) is 0 Å². The quantitative estimate of drug-likeness (QED) is 0.290. The number of amides is 2. The first-order valence-corrected chi connectivity index (χ1v) is 11.1. The lowest BCUT2D eigenvalue weighted by atomic mass is 10.1. The lowest BCUT2D eigenvalue weighted by Gasteiger charge is -2.00. The van der Waals surface area contributed by atoms with E-state index in [1.165, 1.54) is 77.0 Å².